The number of benzene rings is 2. The van der Waals surface area contributed by atoms with Gasteiger partial charge in [0.15, 0.2) is 0 Å². The quantitative estimate of drug-likeness (QED) is 0.255. The molecule has 0 aliphatic heterocycles. The molecule has 0 saturated carbocycles. The van der Waals surface area contributed by atoms with E-state index in [-0.39, 0.29) is 12.3 Å². The Hall–Kier alpha value is -4.08. The average Bonchev–Trinajstić information content (AvgIpc) is 2.89. The molecular formula is C32H46N4O6. The fraction of sp³-hybridized carbons (Fsp3) is 0.500. The highest BCUT2D eigenvalue weighted by Gasteiger charge is 2.28. The lowest BCUT2D eigenvalue weighted by molar-refractivity contribution is -0.130. The molecule has 230 valence electrons. The summed E-state index contributed by atoms with van der Waals surface area (Å²) in [5.74, 6) is -0.848. The van der Waals surface area contributed by atoms with Crippen LogP contribution in [0, 0.1) is 0 Å². The average molecular weight is 583 g/mol. The third-order valence-electron chi connectivity index (χ3n) is 5.82. The van der Waals surface area contributed by atoms with Crippen LogP contribution >= 0.6 is 0 Å². The summed E-state index contributed by atoms with van der Waals surface area (Å²) < 4.78 is 10.6. The van der Waals surface area contributed by atoms with Crippen LogP contribution in [-0.2, 0) is 32.0 Å². The summed E-state index contributed by atoms with van der Waals surface area (Å²) in [5, 5.41) is 11.1. The molecule has 0 fully saturated rings. The number of alkyl carbamates (subject to hydrolysis) is 2. The fourth-order valence-electron chi connectivity index (χ4n) is 3.94. The van der Waals surface area contributed by atoms with E-state index in [4.69, 9.17) is 9.47 Å². The summed E-state index contributed by atoms with van der Waals surface area (Å²) >= 11 is 0. The van der Waals surface area contributed by atoms with E-state index in [9.17, 15) is 19.2 Å². The van der Waals surface area contributed by atoms with Gasteiger partial charge in [-0.15, -0.1) is 0 Å². The van der Waals surface area contributed by atoms with Gasteiger partial charge in [0, 0.05) is 19.5 Å². The molecule has 4 N–H and O–H groups in total. The normalized spacial score (nSPS) is 12.8. The molecule has 0 bridgehead atoms. The van der Waals surface area contributed by atoms with Crippen LogP contribution in [0.3, 0.4) is 0 Å². The van der Waals surface area contributed by atoms with E-state index in [0.717, 1.165) is 11.1 Å². The molecule has 2 rings (SSSR count). The molecule has 0 unspecified atom stereocenters. The van der Waals surface area contributed by atoms with Crippen molar-refractivity contribution in [1.29, 1.82) is 0 Å². The van der Waals surface area contributed by atoms with Crippen molar-refractivity contribution in [3.63, 3.8) is 0 Å². The van der Waals surface area contributed by atoms with Gasteiger partial charge in [0.25, 0.3) is 0 Å². The predicted molar refractivity (Wildman–Crippen MR) is 162 cm³/mol. The summed E-state index contributed by atoms with van der Waals surface area (Å²) in [7, 11) is 0. The lowest BCUT2D eigenvalue weighted by atomic mass is 10.0. The van der Waals surface area contributed by atoms with E-state index in [1.807, 2.05) is 60.7 Å². The van der Waals surface area contributed by atoms with Crippen LogP contribution < -0.4 is 21.3 Å². The minimum Gasteiger partial charge on any atom is -0.444 e. The van der Waals surface area contributed by atoms with Crippen LogP contribution in [0.5, 0.6) is 0 Å². The minimum absolute atomic E-state index is 0.212. The standard InChI is InChI=1S/C32H46N4O6/c1-31(2,3)41-29(39)33-20-14-13-19-25(27(37)34-22-24-17-11-8-12-18-24)35-28(38)26(21-23-15-9-7-10-16-23)36-30(40)42-32(4,5)6/h7-12,15-18,25-26H,13-14,19-22H2,1-6H3,(H,33,39)(H,34,37)(H,35,38)(H,36,40)/t25-,26-/m0/s1. The van der Waals surface area contributed by atoms with Crippen LogP contribution in [0.1, 0.15) is 71.9 Å². The first-order chi connectivity index (χ1) is 19.7. The molecule has 0 spiro atoms. The SMILES string of the molecule is CC(C)(C)OC(=O)NCCCC[C@H](NC(=O)[C@H](Cc1ccccc1)NC(=O)OC(C)(C)C)C(=O)NCc1ccccc1. The Morgan fingerprint density at radius 1 is 0.643 bits per heavy atom. The smallest absolute Gasteiger partial charge is 0.408 e. The Bertz CT molecular complexity index is 1140. The number of carbonyl (C=O) groups excluding carboxylic acids is 4. The maximum absolute atomic E-state index is 13.5. The third-order valence-corrected chi connectivity index (χ3v) is 5.82. The van der Waals surface area contributed by atoms with Crippen LogP contribution in [0.4, 0.5) is 9.59 Å². The van der Waals surface area contributed by atoms with Gasteiger partial charge in [-0.2, -0.15) is 0 Å². The number of amides is 4. The molecule has 10 nitrogen and oxygen atoms in total. The number of unbranched alkanes of at least 4 members (excludes halogenated alkanes) is 1. The molecule has 4 amide bonds. The van der Waals surface area contributed by atoms with Crippen LogP contribution in [0.2, 0.25) is 0 Å². The van der Waals surface area contributed by atoms with Crippen molar-refractivity contribution in [1.82, 2.24) is 21.3 Å². The molecule has 2 aromatic rings. The molecule has 42 heavy (non-hydrogen) atoms. The van der Waals surface area contributed by atoms with Crippen molar-refractivity contribution < 1.29 is 28.7 Å². The summed E-state index contributed by atoms with van der Waals surface area (Å²) in [5.41, 5.74) is 0.420. The van der Waals surface area contributed by atoms with Crippen molar-refractivity contribution in [2.45, 2.75) is 97.1 Å². The van der Waals surface area contributed by atoms with Crippen molar-refractivity contribution in [2.24, 2.45) is 0 Å². The molecule has 0 aromatic heterocycles. The minimum atomic E-state index is -0.972. The second-order valence-corrected chi connectivity index (χ2v) is 12.1. The predicted octanol–water partition coefficient (Wildman–Crippen LogP) is 4.62. The highest BCUT2D eigenvalue weighted by molar-refractivity contribution is 5.91. The van der Waals surface area contributed by atoms with Gasteiger partial charge in [0.1, 0.15) is 23.3 Å². The molecule has 10 heteroatoms. The van der Waals surface area contributed by atoms with Crippen LogP contribution in [0.15, 0.2) is 60.7 Å². The number of hydrogen-bond acceptors (Lipinski definition) is 6. The highest BCUT2D eigenvalue weighted by atomic mass is 16.6. The summed E-state index contributed by atoms with van der Waals surface area (Å²) in [6.07, 6.45) is 0.419. The number of rotatable bonds is 13. The molecule has 2 atom stereocenters. The van der Waals surface area contributed by atoms with E-state index in [1.165, 1.54) is 0 Å². The largest absolute Gasteiger partial charge is 0.444 e. The molecule has 0 aliphatic rings. The number of ether oxygens (including phenoxy) is 2. The van der Waals surface area contributed by atoms with Crippen LogP contribution in [0.25, 0.3) is 0 Å². The van der Waals surface area contributed by atoms with Crippen molar-refractivity contribution in [2.75, 3.05) is 6.54 Å². The van der Waals surface area contributed by atoms with E-state index < -0.39 is 41.4 Å². The van der Waals surface area contributed by atoms with E-state index in [0.29, 0.717) is 32.4 Å². The Morgan fingerprint density at radius 3 is 1.76 bits per heavy atom. The number of nitrogens with one attached hydrogen (secondary N) is 4. The van der Waals surface area contributed by atoms with Gasteiger partial charge in [-0.25, -0.2) is 9.59 Å². The van der Waals surface area contributed by atoms with E-state index >= 15 is 0 Å². The van der Waals surface area contributed by atoms with Gasteiger partial charge in [-0.1, -0.05) is 60.7 Å². The van der Waals surface area contributed by atoms with Crippen molar-refractivity contribution in [3.05, 3.63) is 71.8 Å². The third kappa shape index (κ3) is 14.5. The lowest BCUT2D eigenvalue weighted by Crippen LogP contribution is -2.54. The molecule has 0 saturated heterocycles. The summed E-state index contributed by atoms with van der Waals surface area (Å²) in [6.45, 7) is 11.2. The summed E-state index contributed by atoms with van der Waals surface area (Å²) in [6, 6.07) is 16.9. The van der Waals surface area contributed by atoms with E-state index in [2.05, 4.69) is 21.3 Å². The Labute approximate surface area is 249 Å². The first-order valence-electron chi connectivity index (χ1n) is 14.3. The zero-order valence-electron chi connectivity index (χ0n) is 25.6. The molecule has 2 aromatic carbocycles. The van der Waals surface area contributed by atoms with Gasteiger partial charge in [0.2, 0.25) is 11.8 Å². The van der Waals surface area contributed by atoms with Crippen LogP contribution in [-0.4, -0.2) is 53.8 Å². The Morgan fingerprint density at radius 2 is 1.19 bits per heavy atom. The number of carbonyl (C=O) groups is 4. The zero-order chi connectivity index (χ0) is 31.2. The van der Waals surface area contributed by atoms with Gasteiger partial charge >= 0.3 is 12.2 Å². The molecular weight excluding hydrogens is 536 g/mol. The van der Waals surface area contributed by atoms with Gasteiger partial charge in [0.05, 0.1) is 0 Å². The topological polar surface area (TPSA) is 135 Å². The monoisotopic (exact) mass is 582 g/mol. The van der Waals surface area contributed by atoms with Crippen molar-refractivity contribution in [3.8, 4) is 0 Å². The molecule has 0 heterocycles. The Balaban J connectivity index is 2.09. The fourth-order valence-corrected chi connectivity index (χ4v) is 3.94. The number of hydrogen-bond donors (Lipinski definition) is 4. The van der Waals surface area contributed by atoms with Crippen molar-refractivity contribution >= 4 is 24.0 Å². The highest BCUT2D eigenvalue weighted by Crippen LogP contribution is 2.11. The zero-order valence-corrected chi connectivity index (χ0v) is 25.6. The molecule has 0 aliphatic carbocycles. The first kappa shape index (κ1) is 34.1. The second-order valence-electron chi connectivity index (χ2n) is 12.1. The summed E-state index contributed by atoms with van der Waals surface area (Å²) in [4.78, 5) is 51.3. The second kappa shape index (κ2) is 16.4. The lowest BCUT2D eigenvalue weighted by Gasteiger charge is -2.25. The Kier molecular flexibility index (Phi) is 13.3. The van der Waals surface area contributed by atoms with E-state index in [1.54, 1.807) is 41.5 Å². The maximum atomic E-state index is 13.5. The van der Waals surface area contributed by atoms with Gasteiger partial charge < -0.3 is 30.7 Å². The first-order valence-corrected chi connectivity index (χ1v) is 14.3. The van der Waals surface area contributed by atoms with Gasteiger partial charge in [-0.3, -0.25) is 9.59 Å². The van der Waals surface area contributed by atoms with Gasteiger partial charge in [-0.05, 0) is 71.9 Å². The maximum Gasteiger partial charge on any atom is 0.408 e. The molecule has 0 radical (unpaired) electrons.